The Morgan fingerprint density at radius 3 is 2.50 bits per heavy atom. The molecule has 0 saturated carbocycles. The van der Waals surface area contributed by atoms with Gasteiger partial charge in [0.25, 0.3) is 0 Å². The molecule has 0 radical (unpaired) electrons. The number of rotatable bonds is 6. The Morgan fingerprint density at radius 2 is 1.94 bits per heavy atom. The Morgan fingerprint density at radius 1 is 1.19 bits per heavy atom. The van der Waals surface area contributed by atoms with Crippen LogP contribution in [0, 0.1) is 0 Å². The van der Waals surface area contributed by atoms with E-state index in [0.717, 1.165) is 19.2 Å². The number of carbonyl (C=O) groups excluding carboxylic acids is 2. The first-order valence-corrected chi connectivity index (χ1v) is 8.89. The number of methoxy groups -OCH3 is 2. The molecule has 1 aliphatic rings. The Kier molecular flexibility index (Phi) is 6.11. The molecule has 2 N–H and O–H groups in total. The summed E-state index contributed by atoms with van der Waals surface area (Å²) in [6.07, 6.45) is -2.12. The number of primary amides is 1. The van der Waals surface area contributed by atoms with Crippen LogP contribution >= 0.6 is 0 Å². The number of quaternary nitrogens is 1. The van der Waals surface area contributed by atoms with Gasteiger partial charge in [-0.1, -0.05) is 9.71 Å². The van der Waals surface area contributed by atoms with E-state index in [-0.39, 0.29) is 28.3 Å². The standard InChI is InChI=1S/C19H16F3N5O5/c1-30-14-6-5-13(32-19(20,21)22)8-12(14)10-27(18(23)29)16(11-4-3-7-24-9-11)15(25-26-27)17(28)31-2/h3-9H,10H2,1-2H3,(H-,23,29)/p+1. The van der Waals surface area contributed by atoms with E-state index >= 15 is 0 Å². The first-order chi connectivity index (χ1) is 15.1. The highest BCUT2D eigenvalue weighted by atomic mass is 19.4. The van der Waals surface area contributed by atoms with Gasteiger partial charge in [-0.2, -0.15) is 0 Å². The minimum atomic E-state index is -4.94. The van der Waals surface area contributed by atoms with Crippen molar-refractivity contribution in [3.63, 3.8) is 0 Å². The van der Waals surface area contributed by atoms with Gasteiger partial charge in [-0.15, -0.1) is 13.2 Å². The second-order valence-corrected chi connectivity index (χ2v) is 6.41. The van der Waals surface area contributed by atoms with Crippen LogP contribution in [-0.2, 0) is 16.1 Å². The van der Waals surface area contributed by atoms with Crippen LogP contribution < -0.4 is 15.2 Å². The molecule has 0 saturated heterocycles. The maximum Gasteiger partial charge on any atom is 0.573 e. The minimum Gasteiger partial charge on any atom is -0.496 e. The summed E-state index contributed by atoms with van der Waals surface area (Å²) in [6, 6.07) is 5.34. The van der Waals surface area contributed by atoms with E-state index in [1.54, 1.807) is 6.07 Å². The van der Waals surface area contributed by atoms with Crippen molar-refractivity contribution in [2.24, 2.45) is 16.1 Å². The molecule has 0 aliphatic carbocycles. The van der Waals surface area contributed by atoms with E-state index in [0.29, 0.717) is 0 Å². The van der Waals surface area contributed by atoms with Gasteiger partial charge < -0.3 is 19.9 Å². The number of hydrogen-bond donors (Lipinski definition) is 1. The molecule has 1 aromatic carbocycles. The number of pyridine rings is 1. The van der Waals surface area contributed by atoms with Gasteiger partial charge in [0, 0.05) is 17.6 Å². The van der Waals surface area contributed by atoms with Crippen LogP contribution in [0.4, 0.5) is 18.0 Å². The lowest BCUT2D eigenvalue weighted by molar-refractivity contribution is -0.799. The molecular weight excluding hydrogens is 435 g/mol. The maximum absolute atomic E-state index is 12.7. The third kappa shape index (κ3) is 4.37. The first kappa shape index (κ1) is 22.7. The number of halogens is 3. The van der Waals surface area contributed by atoms with Gasteiger partial charge in [-0.3, -0.25) is 4.98 Å². The molecule has 0 spiro atoms. The minimum absolute atomic E-state index is 0.0540. The van der Waals surface area contributed by atoms with Crippen molar-refractivity contribution in [2.75, 3.05) is 14.2 Å². The highest BCUT2D eigenvalue weighted by molar-refractivity contribution is 5.97. The molecular formula is C19H17F3N5O5+. The molecule has 2 aromatic rings. The highest BCUT2D eigenvalue weighted by Crippen LogP contribution is 2.41. The van der Waals surface area contributed by atoms with E-state index in [4.69, 9.17) is 15.2 Å². The second kappa shape index (κ2) is 8.63. The molecule has 1 aromatic heterocycles. The van der Waals surface area contributed by atoms with E-state index in [1.807, 2.05) is 0 Å². The molecule has 1 unspecified atom stereocenters. The van der Waals surface area contributed by atoms with Crippen LogP contribution in [-0.4, -0.2) is 42.2 Å². The monoisotopic (exact) mass is 452 g/mol. The van der Waals surface area contributed by atoms with Gasteiger partial charge in [-0.25, -0.2) is 9.59 Å². The molecule has 3 rings (SSSR count). The summed E-state index contributed by atoms with van der Waals surface area (Å²) < 4.78 is 50.9. The van der Waals surface area contributed by atoms with Gasteiger partial charge in [0.2, 0.25) is 11.4 Å². The number of hydrogen-bond acceptors (Lipinski definition) is 8. The van der Waals surface area contributed by atoms with Crippen LogP contribution in [0.1, 0.15) is 11.1 Å². The van der Waals surface area contributed by atoms with Crippen molar-refractivity contribution in [1.82, 2.24) is 4.98 Å². The number of nitrogens with two attached hydrogens (primary N) is 1. The van der Waals surface area contributed by atoms with Crippen molar-refractivity contribution < 1.29 is 41.6 Å². The Labute approximate surface area is 179 Å². The lowest BCUT2D eigenvalue weighted by atomic mass is 10.1. The Hall–Kier alpha value is -4.00. The van der Waals surface area contributed by atoms with Crippen LogP contribution in [0.5, 0.6) is 11.5 Å². The summed E-state index contributed by atoms with van der Waals surface area (Å²) in [5, 5.41) is 7.71. The van der Waals surface area contributed by atoms with Gasteiger partial charge in [-0.05, 0) is 30.3 Å². The molecule has 2 heterocycles. The molecule has 2 amide bonds. The molecule has 32 heavy (non-hydrogen) atoms. The number of urea groups is 1. The molecule has 0 bridgehead atoms. The number of benzene rings is 1. The third-order valence-corrected chi connectivity index (χ3v) is 4.45. The summed E-state index contributed by atoms with van der Waals surface area (Å²) >= 11 is 0. The van der Waals surface area contributed by atoms with Crippen molar-refractivity contribution in [2.45, 2.75) is 12.9 Å². The number of aromatic nitrogens is 1. The summed E-state index contributed by atoms with van der Waals surface area (Å²) in [4.78, 5) is 28.9. The second-order valence-electron chi connectivity index (χ2n) is 6.41. The molecule has 168 valence electrons. The van der Waals surface area contributed by atoms with Crippen molar-refractivity contribution in [1.29, 1.82) is 0 Å². The van der Waals surface area contributed by atoms with E-state index in [9.17, 15) is 22.8 Å². The zero-order valence-corrected chi connectivity index (χ0v) is 16.8. The number of amides is 2. The van der Waals surface area contributed by atoms with Crippen LogP contribution in [0.3, 0.4) is 0 Å². The van der Waals surface area contributed by atoms with Gasteiger partial charge in [0.15, 0.2) is 0 Å². The fourth-order valence-corrected chi connectivity index (χ4v) is 3.14. The lowest BCUT2D eigenvalue weighted by Gasteiger charge is -2.25. The maximum atomic E-state index is 12.7. The fraction of sp³-hybridized carbons (Fsp3) is 0.211. The third-order valence-electron chi connectivity index (χ3n) is 4.45. The topological polar surface area (TPSA) is 125 Å². The summed E-state index contributed by atoms with van der Waals surface area (Å²) in [5.41, 5.74) is 5.66. The molecule has 1 atom stereocenters. The van der Waals surface area contributed by atoms with Crippen molar-refractivity contribution in [3.05, 3.63) is 59.5 Å². The summed E-state index contributed by atoms with van der Waals surface area (Å²) in [6.45, 7) is -0.443. The molecule has 10 nitrogen and oxygen atoms in total. The molecule has 1 aliphatic heterocycles. The zero-order chi connectivity index (χ0) is 23.5. The quantitative estimate of drug-likeness (QED) is 0.530. The number of alkyl halides is 3. The average Bonchev–Trinajstić information content (AvgIpc) is 3.13. The van der Waals surface area contributed by atoms with E-state index < -0.39 is 35.2 Å². The SMILES string of the molecule is COC(=O)C1=C(c2cccnc2)[N+](Cc2cc(OC(F)(F)F)ccc2OC)(C(N)=O)N=N1. The average molecular weight is 452 g/mol. The molecule has 13 heteroatoms. The van der Waals surface area contributed by atoms with Gasteiger partial charge >= 0.3 is 18.4 Å². The van der Waals surface area contributed by atoms with Crippen LogP contribution in [0.15, 0.2) is 58.8 Å². The smallest absolute Gasteiger partial charge is 0.496 e. The predicted molar refractivity (Wildman–Crippen MR) is 101 cm³/mol. The Bertz CT molecular complexity index is 1100. The lowest BCUT2D eigenvalue weighted by Crippen LogP contribution is -2.48. The first-order valence-electron chi connectivity index (χ1n) is 8.89. The van der Waals surface area contributed by atoms with Gasteiger partial charge in [0.1, 0.15) is 18.0 Å². The van der Waals surface area contributed by atoms with Crippen molar-refractivity contribution >= 4 is 17.7 Å². The zero-order valence-electron chi connectivity index (χ0n) is 16.8. The largest absolute Gasteiger partial charge is 0.573 e. The normalized spacial score (nSPS) is 17.9. The summed E-state index contributed by atoms with van der Waals surface area (Å²) in [5.74, 6) is -1.31. The van der Waals surface area contributed by atoms with Crippen LogP contribution in [0.25, 0.3) is 5.70 Å². The van der Waals surface area contributed by atoms with Gasteiger partial charge in [0.05, 0.1) is 25.3 Å². The fourth-order valence-electron chi connectivity index (χ4n) is 3.14. The molecule has 0 fully saturated rings. The number of carbonyl (C=O) groups is 2. The van der Waals surface area contributed by atoms with E-state index in [2.05, 4.69) is 20.1 Å². The number of esters is 1. The number of nitrogens with zero attached hydrogens (tertiary/aromatic N) is 4. The Balaban J connectivity index is 2.18. The van der Waals surface area contributed by atoms with Crippen molar-refractivity contribution in [3.8, 4) is 11.5 Å². The van der Waals surface area contributed by atoms with E-state index in [1.165, 1.54) is 31.6 Å². The number of ether oxygens (including phenoxy) is 3. The predicted octanol–water partition coefficient (Wildman–Crippen LogP) is 3.31. The van der Waals surface area contributed by atoms with Crippen LogP contribution in [0.2, 0.25) is 0 Å². The highest BCUT2D eigenvalue weighted by Gasteiger charge is 2.51. The summed E-state index contributed by atoms with van der Waals surface area (Å²) in [7, 11) is 2.41.